The normalized spacial score (nSPS) is 16.8. The summed E-state index contributed by atoms with van der Waals surface area (Å²) in [4.78, 5) is 11.8. The van der Waals surface area contributed by atoms with Crippen molar-refractivity contribution in [2.75, 3.05) is 0 Å². The molecule has 2 rings (SSSR count). The minimum absolute atomic E-state index is 0.334. The van der Waals surface area contributed by atoms with Crippen molar-refractivity contribution < 1.29 is 18.0 Å². The van der Waals surface area contributed by atoms with E-state index in [1.165, 1.54) is 5.56 Å². The largest absolute Gasteiger partial charge is 0.404 e. The summed E-state index contributed by atoms with van der Waals surface area (Å²) in [5.74, 6) is -0.543. The Bertz CT molecular complexity index is 482. The maximum atomic E-state index is 12.3. The van der Waals surface area contributed by atoms with Gasteiger partial charge in [-0.15, -0.1) is 0 Å². The Morgan fingerprint density at radius 2 is 1.84 bits per heavy atom. The van der Waals surface area contributed by atoms with E-state index in [-0.39, 0.29) is 0 Å². The number of hydrogen-bond acceptors (Lipinski definition) is 2. The van der Waals surface area contributed by atoms with Crippen molar-refractivity contribution in [3.63, 3.8) is 0 Å². The van der Waals surface area contributed by atoms with Gasteiger partial charge in [0.2, 0.25) is 0 Å². The van der Waals surface area contributed by atoms with Crippen molar-refractivity contribution in [3.05, 3.63) is 34.9 Å². The molecule has 0 amide bonds. The number of halogens is 3. The van der Waals surface area contributed by atoms with E-state index in [2.05, 4.69) is 0 Å². The third-order valence-corrected chi connectivity index (χ3v) is 3.50. The number of aryl methyl sites for hydroxylation is 2. The number of Topliss-reactive ketones (excluding diaryl/α,β-unsaturated/α-hetero) is 1. The van der Waals surface area contributed by atoms with Crippen LogP contribution in [0.3, 0.4) is 0 Å². The lowest BCUT2D eigenvalue weighted by atomic mass is 9.89. The summed E-state index contributed by atoms with van der Waals surface area (Å²) in [6.45, 7) is 0. The molecule has 0 fully saturated rings. The Morgan fingerprint density at radius 3 is 2.47 bits per heavy atom. The first kappa shape index (κ1) is 14.1. The molecule has 0 saturated heterocycles. The highest BCUT2D eigenvalue weighted by atomic mass is 19.4. The van der Waals surface area contributed by atoms with Crippen LogP contribution in [0.2, 0.25) is 0 Å². The van der Waals surface area contributed by atoms with Crippen LogP contribution in [0.1, 0.15) is 40.7 Å². The van der Waals surface area contributed by atoms with E-state index in [1.807, 2.05) is 6.07 Å². The van der Waals surface area contributed by atoms with E-state index < -0.39 is 24.4 Å². The lowest BCUT2D eigenvalue weighted by Crippen LogP contribution is -2.39. The van der Waals surface area contributed by atoms with Gasteiger partial charge in [0.05, 0.1) is 0 Å². The standard InChI is InChI=1S/C14H16F3NO/c15-14(16,17)13(18)8-12(19)11-6-5-9-3-1-2-4-10(9)7-11/h5-7,13H,1-4,8,18H2. The molecule has 2 N–H and O–H groups in total. The molecule has 104 valence electrons. The third kappa shape index (κ3) is 3.35. The number of hydrogen-bond donors (Lipinski definition) is 1. The molecule has 1 aromatic carbocycles. The van der Waals surface area contributed by atoms with Crippen LogP contribution in [0.5, 0.6) is 0 Å². The van der Waals surface area contributed by atoms with Gasteiger partial charge < -0.3 is 5.73 Å². The molecule has 5 heteroatoms. The molecule has 0 aromatic heterocycles. The van der Waals surface area contributed by atoms with Gasteiger partial charge in [0.15, 0.2) is 5.78 Å². The lowest BCUT2D eigenvalue weighted by molar-refractivity contribution is -0.146. The number of benzene rings is 1. The second-order valence-electron chi connectivity index (χ2n) is 4.97. The molecule has 19 heavy (non-hydrogen) atoms. The molecule has 1 aromatic rings. The number of carbonyl (C=O) groups is 1. The number of rotatable bonds is 3. The van der Waals surface area contributed by atoms with Crippen LogP contribution >= 0.6 is 0 Å². The van der Waals surface area contributed by atoms with Crippen LogP contribution in [0.25, 0.3) is 0 Å². The molecule has 1 unspecified atom stereocenters. The fourth-order valence-corrected chi connectivity index (χ4v) is 2.34. The van der Waals surface area contributed by atoms with E-state index in [4.69, 9.17) is 5.73 Å². The maximum Gasteiger partial charge on any atom is 0.404 e. The Hall–Kier alpha value is -1.36. The Labute approximate surface area is 109 Å². The molecule has 1 aliphatic rings. The summed E-state index contributed by atoms with van der Waals surface area (Å²) in [6, 6.07) is 3.09. The Morgan fingerprint density at radius 1 is 1.21 bits per heavy atom. The molecule has 1 atom stereocenters. The molecular weight excluding hydrogens is 255 g/mol. The summed E-state index contributed by atoms with van der Waals surface area (Å²) in [5, 5.41) is 0. The predicted octanol–water partition coefficient (Wildman–Crippen LogP) is 3.03. The fraction of sp³-hybridized carbons (Fsp3) is 0.500. The number of fused-ring (bicyclic) bond motifs is 1. The SMILES string of the molecule is NC(CC(=O)c1ccc2c(c1)CCCC2)C(F)(F)F. The summed E-state index contributed by atoms with van der Waals surface area (Å²) < 4.78 is 37.0. The predicted molar refractivity (Wildman–Crippen MR) is 66.1 cm³/mol. The molecule has 2 nitrogen and oxygen atoms in total. The topological polar surface area (TPSA) is 43.1 Å². The van der Waals surface area contributed by atoms with Crippen molar-refractivity contribution in [2.45, 2.75) is 44.3 Å². The summed E-state index contributed by atoms with van der Waals surface area (Å²) in [5.41, 5.74) is 7.59. The molecule has 0 spiro atoms. The average Bonchev–Trinajstić information content (AvgIpc) is 2.37. The molecule has 0 aliphatic heterocycles. The van der Waals surface area contributed by atoms with Crippen molar-refractivity contribution in [2.24, 2.45) is 5.73 Å². The number of ketones is 1. The quantitative estimate of drug-likeness (QED) is 0.859. The Balaban J connectivity index is 2.11. The van der Waals surface area contributed by atoms with E-state index in [0.29, 0.717) is 5.56 Å². The highest BCUT2D eigenvalue weighted by Gasteiger charge is 2.38. The van der Waals surface area contributed by atoms with Gasteiger partial charge in [0.1, 0.15) is 6.04 Å². The number of alkyl halides is 3. The van der Waals surface area contributed by atoms with Gasteiger partial charge in [-0.25, -0.2) is 0 Å². The van der Waals surface area contributed by atoms with Crippen molar-refractivity contribution in [1.82, 2.24) is 0 Å². The van der Waals surface area contributed by atoms with Crippen LogP contribution in [-0.4, -0.2) is 18.0 Å². The molecule has 1 aliphatic carbocycles. The van der Waals surface area contributed by atoms with Crippen LogP contribution in [0.15, 0.2) is 18.2 Å². The van der Waals surface area contributed by atoms with Gasteiger partial charge in [-0.2, -0.15) is 13.2 Å². The lowest BCUT2D eigenvalue weighted by Gasteiger charge is -2.17. The van der Waals surface area contributed by atoms with Crippen LogP contribution < -0.4 is 5.73 Å². The van der Waals surface area contributed by atoms with Gasteiger partial charge in [-0.1, -0.05) is 12.1 Å². The van der Waals surface area contributed by atoms with E-state index in [1.54, 1.807) is 12.1 Å². The monoisotopic (exact) mass is 271 g/mol. The van der Waals surface area contributed by atoms with Crippen LogP contribution in [0.4, 0.5) is 13.2 Å². The zero-order chi connectivity index (χ0) is 14.0. The highest BCUT2D eigenvalue weighted by Crippen LogP contribution is 2.25. The van der Waals surface area contributed by atoms with E-state index in [0.717, 1.165) is 31.2 Å². The molecule has 0 saturated carbocycles. The second kappa shape index (κ2) is 5.33. The van der Waals surface area contributed by atoms with Gasteiger partial charge in [-0.3, -0.25) is 4.79 Å². The zero-order valence-corrected chi connectivity index (χ0v) is 10.5. The van der Waals surface area contributed by atoms with E-state index >= 15 is 0 Å². The summed E-state index contributed by atoms with van der Waals surface area (Å²) >= 11 is 0. The molecular formula is C14H16F3NO. The number of nitrogens with two attached hydrogens (primary N) is 1. The summed E-state index contributed by atoms with van der Waals surface area (Å²) in [7, 11) is 0. The summed E-state index contributed by atoms with van der Waals surface area (Å²) in [6.07, 6.45) is -1.16. The molecule has 0 radical (unpaired) electrons. The first-order valence-electron chi connectivity index (χ1n) is 6.35. The van der Waals surface area contributed by atoms with Crippen molar-refractivity contribution in [3.8, 4) is 0 Å². The van der Waals surface area contributed by atoms with Crippen molar-refractivity contribution in [1.29, 1.82) is 0 Å². The second-order valence-corrected chi connectivity index (χ2v) is 4.97. The van der Waals surface area contributed by atoms with Crippen LogP contribution in [0, 0.1) is 0 Å². The third-order valence-electron chi connectivity index (χ3n) is 3.50. The maximum absolute atomic E-state index is 12.3. The average molecular weight is 271 g/mol. The minimum Gasteiger partial charge on any atom is -0.320 e. The van der Waals surface area contributed by atoms with Gasteiger partial charge in [0.25, 0.3) is 0 Å². The van der Waals surface area contributed by atoms with Crippen LogP contribution in [-0.2, 0) is 12.8 Å². The van der Waals surface area contributed by atoms with E-state index in [9.17, 15) is 18.0 Å². The van der Waals surface area contributed by atoms with Gasteiger partial charge in [-0.05, 0) is 42.9 Å². The number of carbonyl (C=O) groups excluding carboxylic acids is 1. The smallest absolute Gasteiger partial charge is 0.320 e. The van der Waals surface area contributed by atoms with Crippen molar-refractivity contribution >= 4 is 5.78 Å². The minimum atomic E-state index is -4.52. The highest BCUT2D eigenvalue weighted by molar-refractivity contribution is 5.96. The first-order valence-corrected chi connectivity index (χ1v) is 6.35. The van der Waals surface area contributed by atoms with Gasteiger partial charge >= 0.3 is 6.18 Å². The molecule has 0 bridgehead atoms. The Kier molecular flexibility index (Phi) is 3.94. The first-order chi connectivity index (χ1) is 8.88. The molecule has 0 heterocycles. The fourth-order valence-electron chi connectivity index (χ4n) is 2.34. The zero-order valence-electron chi connectivity index (χ0n) is 10.5. The van der Waals surface area contributed by atoms with Gasteiger partial charge in [0, 0.05) is 12.0 Å².